The second kappa shape index (κ2) is 10.0. The fourth-order valence-corrected chi connectivity index (χ4v) is 4.31. The van der Waals surface area contributed by atoms with Crippen LogP contribution in [0.5, 0.6) is 11.5 Å². The predicted octanol–water partition coefficient (Wildman–Crippen LogP) is 5.65. The number of aliphatic carboxylic acids is 1. The van der Waals surface area contributed by atoms with Crippen molar-refractivity contribution in [3.63, 3.8) is 0 Å². The molecule has 0 spiro atoms. The second-order valence-electron chi connectivity index (χ2n) is 7.63. The van der Waals surface area contributed by atoms with E-state index in [-0.39, 0.29) is 5.02 Å². The molecular weight excluding hydrogens is 447 g/mol. The van der Waals surface area contributed by atoms with Gasteiger partial charge >= 0.3 is 12.1 Å². The summed E-state index contributed by atoms with van der Waals surface area (Å²) in [6.45, 7) is 3.09. The minimum absolute atomic E-state index is 0.366. The Bertz CT molecular complexity index is 959. The van der Waals surface area contributed by atoms with Crippen molar-refractivity contribution in [1.82, 2.24) is 4.90 Å². The molecule has 5 nitrogen and oxygen atoms in total. The zero-order valence-electron chi connectivity index (χ0n) is 17.8. The highest BCUT2D eigenvalue weighted by Gasteiger charge is 2.36. The monoisotopic (exact) mass is 471 g/mol. The van der Waals surface area contributed by atoms with Crippen LogP contribution in [0, 0.1) is 5.92 Å². The third-order valence-electron chi connectivity index (χ3n) is 5.66. The molecule has 1 aliphatic rings. The molecule has 3 rings (SSSR count). The van der Waals surface area contributed by atoms with Crippen molar-refractivity contribution in [2.75, 3.05) is 26.8 Å². The summed E-state index contributed by atoms with van der Waals surface area (Å²) < 4.78 is 51.6. The summed E-state index contributed by atoms with van der Waals surface area (Å²) in [6, 6.07) is 8.64. The molecule has 1 fully saturated rings. The van der Waals surface area contributed by atoms with Gasteiger partial charge in [0, 0.05) is 0 Å². The first-order chi connectivity index (χ1) is 15.2. The minimum atomic E-state index is -4.59. The minimum Gasteiger partial charge on any atom is -0.493 e. The number of nitrogens with zero attached hydrogens (tertiary/aromatic N) is 1. The van der Waals surface area contributed by atoms with Gasteiger partial charge in [-0.15, -0.1) is 0 Å². The van der Waals surface area contributed by atoms with E-state index in [0.29, 0.717) is 49.6 Å². The van der Waals surface area contributed by atoms with Crippen molar-refractivity contribution in [2.45, 2.75) is 32.0 Å². The van der Waals surface area contributed by atoms with Gasteiger partial charge in [0.05, 0.1) is 36.3 Å². The van der Waals surface area contributed by atoms with Gasteiger partial charge in [-0.3, -0.25) is 9.69 Å². The van der Waals surface area contributed by atoms with Gasteiger partial charge in [0.1, 0.15) is 0 Å². The smallest absolute Gasteiger partial charge is 0.417 e. The normalized spacial score (nSPS) is 16.6. The summed E-state index contributed by atoms with van der Waals surface area (Å²) in [5.74, 6) is -0.304. The zero-order valence-corrected chi connectivity index (χ0v) is 18.5. The Balaban J connectivity index is 2.07. The molecule has 1 atom stereocenters. The average Bonchev–Trinajstić information content (AvgIpc) is 2.75. The molecule has 2 aromatic rings. The van der Waals surface area contributed by atoms with Crippen LogP contribution in [0.1, 0.15) is 42.5 Å². The van der Waals surface area contributed by atoms with Crippen LogP contribution < -0.4 is 9.47 Å². The molecule has 1 heterocycles. The quantitative estimate of drug-likeness (QED) is 0.565. The van der Waals surface area contributed by atoms with Gasteiger partial charge in [0.25, 0.3) is 0 Å². The second-order valence-corrected chi connectivity index (χ2v) is 8.04. The van der Waals surface area contributed by atoms with Crippen LogP contribution in [0.4, 0.5) is 13.2 Å². The highest BCUT2D eigenvalue weighted by Crippen LogP contribution is 2.41. The number of piperidine rings is 1. The zero-order chi connectivity index (χ0) is 23.5. The number of carbonyl (C=O) groups is 1. The number of halogens is 4. The fraction of sp³-hybridized carbons (Fsp3) is 0.435. The number of carboxylic acid groups (broad SMARTS) is 1. The Morgan fingerprint density at radius 1 is 1.16 bits per heavy atom. The maximum Gasteiger partial charge on any atom is 0.417 e. The van der Waals surface area contributed by atoms with E-state index in [1.54, 1.807) is 24.3 Å². The predicted molar refractivity (Wildman–Crippen MR) is 114 cm³/mol. The van der Waals surface area contributed by atoms with Crippen molar-refractivity contribution in [3.05, 3.63) is 58.1 Å². The molecule has 174 valence electrons. The fourth-order valence-electron chi connectivity index (χ4n) is 4.08. The molecule has 1 unspecified atom stereocenters. The van der Waals surface area contributed by atoms with E-state index in [1.165, 1.54) is 13.2 Å². The van der Waals surface area contributed by atoms with Gasteiger partial charge in [0.2, 0.25) is 0 Å². The van der Waals surface area contributed by atoms with Crippen LogP contribution in [0.3, 0.4) is 0 Å². The standard InChI is InChI=1S/C23H25ClF3NO4/c1-3-32-20-13-16(5-7-19(20)31-2)21(28-10-8-14(9-11-28)22(29)30)15-4-6-18(24)17(12-15)23(25,26)27/h4-7,12-14,21H,3,8-11H2,1-2H3,(H,29,30). The first kappa shape index (κ1) is 24.2. The van der Waals surface area contributed by atoms with Crippen molar-refractivity contribution in [3.8, 4) is 11.5 Å². The lowest BCUT2D eigenvalue weighted by Gasteiger charge is -2.37. The lowest BCUT2D eigenvalue weighted by Crippen LogP contribution is -2.39. The molecular formula is C23H25ClF3NO4. The SMILES string of the molecule is CCOc1cc(C(c2ccc(Cl)c(C(F)(F)F)c2)N2CCC(C(=O)O)CC2)ccc1OC. The number of likely N-dealkylation sites (tertiary alicyclic amines) is 1. The average molecular weight is 472 g/mol. The molecule has 0 aromatic heterocycles. The number of benzene rings is 2. The van der Waals surface area contributed by atoms with Crippen LogP contribution >= 0.6 is 11.6 Å². The van der Waals surface area contributed by atoms with E-state index in [9.17, 15) is 23.1 Å². The summed E-state index contributed by atoms with van der Waals surface area (Å²) in [5.41, 5.74) is 0.238. The van der Waals surface area contributed by atoms with Gasteiger partial charge in [-0.25, -0.2) is 0 Å². The van der Waals surface area contributed by atoms with Crippen molar-refractivity contribution < 1.29 is 32.5 Å². The Morgan fingerprint density at radius 2 is 1.78 bits per heavy atom. The number of hydrogen-bond donors (Lipinski definition) is 1. The highest BCUT2D eigenvalue weighted by atomic mass is 35.5. The Morgan fingerprint density at radius 3 is 2.34 bits per heavy atom. The number of hydrogen-bond acceptors (Lipinski definition) is 4. The van der Waals surface area contributed by atoms with Crippen molar-refractivity contribution in [2.24, 2.45) is 5.92 Å². The van der Waals surface area contributed by atoms with Gasteiger partial charge in [0.15, 0.2) is 11.5 Å². The lowest BCUT2D eigenvalue weighted by atomic mass is 9.90. The van der Waals surface area contributed by atoms with Crippen molar-refractivity contribution in [1.29, 1.82) is 0 Å². The maximum atomic E-state index is 13.5. The third-order valence-corrected chi connectivity index (χ3v) is 5.99. The summed E-state index contributed by atoms with van der Waals surface area (Å²) >= 11 is 5.84. The van der Waals surface area contributed by atoms with E-state index in [4.69, 9.17) is 21.1 Å². The molecule has 0 radical (unpaired) electrons. The van der Waals surface area contributed by atoms with Gasteiger partial charge in [-0.1, -0.05) is 23.7 Å². The molecule has 0 bridgehead atoms. The van der Waals surface area contributed by atoms with E-state index >= 15 is 0 Å². The first-order valence-electron chi connectivity index (χ1n) is 10.3. The topological polar surface area (TPSA) is 59.0 Å². The van der Waals surface area contributed by atoms with Crippen molar-refractivity contribution >= 4 is 17.6 Å². The molecule has 0 aliphatic carbocycles. The molecule has 1 saturated heterocycles. The van der Waals surface area contributed by atoms with E-state index in [0.717, 1.165) is 11.6 Å². The molecule has 9 heteroatoms. The molecule has 0 amide bonds. The van der Waals surface area contributed by atoms with Crippen LogP contribution in [-0.2, 0) is 11.0 Å². The summed E-state index contributed by atoms with van der Waals surface area (Å²) in [6.07, 6.45) is -3.76. The van der Waals surface area contributed by atoms with Crippen LogP contribution in [0.15, 0.2) is 36.4 Å². The molecule has 1 N–H and O–H groups in total. The number of alkyl halides is 3. The number of methoxy groups -OCH3 is 1. The Hall–Kier alpha value is -2.45. The number of carboxylic acids is 1. The van der Waals surface area contributed by atoms with E-state index in [2.05, 4.69) is 0 Å². The number of rotatable bonds is 7. The lowest BCUT2D eigenvalue weighted by molar-refractivity contribution is -0.143. The molecule has 32 heavy (non-hydrogen) atoms. The van der Waals surface area contributed by atoms with Gasteiger partial charge in [-0.2, -0.15) is 13.2 Å². The molecule has 1 aliphatic heterocycles. The first-order valence-corrected chi connectivity index (χ1v) is 10.7. The van der Waals surface area contributed by atoms with E-state index < -0.39 is 29.7 Å². The van der Waals surface area contributed by atoms with Crippen LogP contribution in [0.25, 0.3) is 0 Å². The van der Waals surface area contributed by atoms with Crippen LogP contribution in [-0.4, -0.2) is 42.8 Å². The third kappa shape index (κ3) is 5.30. The summed E-state index contributed by atoms with van der Waals surface area (Å²) in [4.78, 5) is 13.4. The summed E-state index contributed by atoms with van der Waals surface area (Å²) in [7, 11) is 1.51. The molecule has 2 aromatic carbocycles. The number of ether oxygens (including phenoxy) is 2. The van der Waals surface area contributed by atoms with E-state index in [1.807, 2.05) is 11.8 Å². The largest absolute Gasteiger partial charge is 0.493 e. The maximum absolute atomic E-state index is 13.5. The van der Waals surface area contributed by atoms with Gasteiger partial charge < -0.3 is 14.6 Å². The van der Waals surface area contributed by atoms with Crippen LogP contribution in [0.2, 0.25) is 5.02 Å². The highest BCUT2D eigenvalue weighted by molar-refractivity contribution is 6.31. The Kier molecular flexibility index (Phi) is 7.56. The van der Waals surface area contributed by atoms with Gasteiger partial charge in [-0.05, 0) is 68.2 Å². The summed E-state index contributed by atoms with van der Waals surface area (Å²) in [5, 5.41) is 8.95. The molecule has 0 saturated carbocycles. The Labute approximate surface area is 189 Å².